The van der Waals surface area contributed by atoms with E-state index >= 15 is 0 Å². The van der Waals surface area contributed by atoms with Crippen molar-refractivity contribution in [3.63, 3.8) is 0 Å². The Bertz CT molecular complexity index is 1180. The summed E-state index contributed by atoms with van der Waals surface area (Å²) >= 11 is 1.19. The van der Waals surface area contributed by atoms with Crippen LogP contribution in [0.15, 0.2) is 36.4 Å². The number of aromatic amines is 1. The lowest BCUT2D eigenvalue weighted by Crippen LogP contribution is -2.11. The molecule has 0 aliphatic heterocycles. The number of carbonyl (C=O) groups is 1. The molecular formula is C19H15FN4O2S. The highest BCUT2D eigenvalue weighted by Gasteiger charge is 2.16. The molecule has 2 aromatic carbocycles. The molecule has 0 spiro atoms. The van der Waals surface area contributed by atoms with E-state index < -0.39 is 5.91 Å². The Kier molecular flexibility index (Phi) is 4.12. The summed E-state index contributed by atoms with van der Waals surface area (Å²) in [6.07, 6.45) is 0. The number of anilines is 1. The summed E-state index contributed by atoms with van der Waals surface area (Å²) in [5.74, 6) is -0.631. The number of amides is 1. The largest absolute Gasteiger partial charge is 0.507 e. The molecule has 4 rings (SSSR count). The molecule has 0 fully saturated rings. The minimum atomic E-state index is -0.420. The first-order chi connectivity index (χ1) is 12.9. The number of aromatic hydroxyl groups is 1. The lowest BCUT2D eigenvalue weighted by Gasteiger charge is -2.07. The number of fused-ring (bicyclic) bond motifs is 1. The number of hydrogen-bond acceptors (Lipinski definition) is 5. The predicted octanol–water partition coefficient (Wildman–Crippen LogP) is 4.40. The summed E-state index contributed by atoms with van der Waals surface area (Å²) < 4.78 is 13.9. The van der Waals surface area contributed by atoms with Gasteiger partial charge in [0, 0.05) is 5.56 Å². The zero-order valence-corrected chi connectivity index (χ0v) is 15.3. The molecule has 6 nitrogen and oxygen atoms in total. The number of aromatic nitrogens is 3. The SMILES string of the molecule is Cc1ccc(-c2cc(C(=O)Nc3nc4ccc(F)cc4s3)[nH]n2)c(O)c1C. The summed E-state index contributed by atoms with van der Waals surface area (Å²) in [5, 5.41) is 20.2. The number of phenols is 1. The number of benzene rings is 2. The van der Waals surface area contributed by atoms with Gasteiger partial charge in [-0.1, -0.05) is 17.4 Å². The monoisotopic (exact) mass is 382 g/mol. The summed E-state index contributed by atoms with van der Waals surface area (Å²) in [6.45, 7) is 3.73. The van der Waals surface area contributed by atoms with E-state index in [1.54, 1.807) is 18.2 Å². The second-order valence-electron chi connectivity index (χ2n) is 6.16. The molecular weight excluding hydrogens is 367 g/mol. The van der Waals surface area contributed by atoms with Crippen molar-refractivity contribution in [2.45, 2.75) is 13.8 Å². The minimum absolute atomic E-state index is 0.140. The van der Waals surface area contributed by atoms with Crippen molar-refractivity contribution >= 4 is 32.6 Å². The quantitative estimate of drug-likeness (QED) is 0.490. The van der Waals surface area contributed by atoms with E-state index in [0.717, 1.165) is 11.1 Å². The number of phenolic OH excluding ortho intramolecular Hbond substituents is 1. The molecule has 4 aromatic rings. The van der Waals surface area contributed by atoms with Gasteiger partial charge in [0.15, 0.2) is 5.13 Å². The topological polar surface area (TPSA) is 90.9 Å². The van der Waals surface area contributed by atoms with E-state index in [0.29, 0.717) is 26.6 Å². The van der Waals surface area contributed by atoms with E-state index in [1.165, 1.54) is 23.5 Å². The Balaban J connectivity index is 1.59. The predicted molar refractivity (Wildman–Crippen MR) is 103 cm³/mol. The van der Waals surface area contributed by atoms with E-state index in [4.69, 9.17) is 0 Å². The van der Waals surface area contributed by atoms with Crippen LogP contribution in [0.3, 0.4) is 0 Å². The number of thiazole rings is 1. The van der Waals surface area contributed by atoms with Gasteiger partial charge in [-0.2, -0.15) is 5.10 Å². The molecule has 2 aromatic heterocycles. The van der Waals surface area contributed by atoms with Crippen LogP contribution in [0.4, 0.5) is 9.52 Å². The van der Waals surface area contributed by atoms with Crippen LogP contribution in [-0.4, -0.2) is 26.2 Å². The van der Waals surface area contributed by atoms with Crippen LogP contribution < -0.4 is 5.32 Å². The standard InChI is InChI=1S/C19H15FN4O2S/c1-9-3-5-12(17(25)10(9)2)14-8-15(24-23-14)18(26)22-19-21-13-6-4-11(20)7-16(13)27-19/h3-8,25H,1-2H3,(H,23,24)(H,21,22,26). The zero-order valence-electron chi connectivity index (χ0n) is 14.5. The fraction of sp³-hybridized carbons (Fsp3) is 0.105. The minimum Gasteiger partial charge on any atom is -0.507 e. The molecule has 0 saturated heterocycles. The van der Waals surface area contributed by atoms with Crippen LogP contribution in [0.5, 0.6) is 5.75 Å². The number of halogens is 1. The normalized spacial score (nSPS) is 11.1. The fourth-order valence-corrected chi connectivity index (χ4v) is 3.59. The Hall–Kier alpha value is -3.26. The molecule has 0 atom stereocenters. The molecule has 0 saturated carbocycles. The van der Waals surface area contributed by atoms with Crippen LogP contribution in [0, 0.1) is 19.7 Å². The van der Waals surface area contributed by atoms with E-state index in [1.807, 2.05) is 19.9 Å². The average molecular weight is 382 g/mol. The van der Waals surface area contributed by atoms with Crippen molar-refractivity contribution < 1.29 is 14.3 Å². The van der Waals surface area contributed by atoms with Gasteiger partial charge in [0.2, 0.25) is 0 Å². The Morgan fingerprint density at radius 1 is 1.22 bits per heavy atom. The molecule has 1 amide bonds. The number of hydrogen-bond donors (Lipinski definition) is 3. The fourth-order valence-electron chi connectivity index (χ4n) is 2.70. The molecule has 0 radical (unpaired) electrons. The maximum atomic E-state index is 13.3. The first kappa shape index (κ1) is 17.2. The van der Waals surface area contributed by atoms with Gasteiger partial charge in [-0.3, -0.25) is 15.2 Å². The molecule has 0 aliphatic carbocycles. The highest BCUT2D eigenvalue weighted by Crippen LogP contribution is 2.33. The van der Waals surface area contributed by atoms with Gasteiger partial charge < -0.3 is 5.11 Å². The number of nitrogens with zero attached hydrogens (tertiary/aromatic N) is 2. The smallest absolute Gasteiger partial charge is 0.275 e. The summed E-state index contributed by atoms with van der Waals surface area (Å²) in [5.41, 5.74) is 3.59. The summed E-state index contributed by atoms with van der Waals surface area (Å²) in [4.78, 5) is 16.7. The van der Waals surface area contributed by atoms with Crippen molar-refractivity contribution in [1.82, 2.24) is 15.2 Å². The van der Waals surface area contributed by atoms with Gasteiger partial charge >= 0.3 is 0 Å². The molecule has 3 N–H and O–H groups in total. The van der Waals surface area contributed by atoms with Gasteiger partial charge in [0.05, 0.1) is 15.9 Å². The molecule has 0 bridgehead atoms. The molecule has 2 heterocycles. The van der Waals surface area contributed by atoms with Crippen LogP contribution >= 0.6 is 11.3 Å². The Morgan fingerprint density at radius 2 is 2.04 bits per heavy atom. The van der Waals surface area contributed by atoms with Crippen molar-refractivity contribution in [2.24, 2.45) is 0 Å². The summed E-state index contributed by atoms with van der Waals surface area (Å²) in [6, 6.07) is 9.47. The van der Waals surface area contributed by atoms with Gasteiger partial charge in [-0.25, -0.2) is 9.37 Å². The lowest BCUT2D eigenvalue weighted by atomic mass is 10.0. The Morgan fingerprint density at radius 3 is 2.85 bits per heavy atom. The molecule has 0 unspecified atom stereocenters. The third kappa shape index (κ3) is 3.15. The maximum absolute atomic E-state index is 13.3. The summed E-state index contributed by atoms with van der Waals surface area (Å²) in [7, 11) is 0. The van der Waals surface area contributed by atoms with Crippen LogP contribution in [-0.2, 0) is 0 Å². The first-order valence-corrected chi connectivity index (χ1v) is 8.96. The zero-order chi connectivity index (χ0) is 19.1. The highest BCUT2D eigenvalue weighted by molar-refractivity contribution is 7.22. The number of aryl methyl sites for hydroxylation is 1. The molecule has 136 valence electrons. The van der Waals surface area contributed by atoms with Crippen molar-refractivity contribution in [3.05, 3.63) is 59.0 Å². The second kappa shape index (κ2) is 6.48. The maximum Gasteiger partial charge on any atom is 0.275 e. The first-order valence-electron chi connectivity index (χ1n) is 8.15. The third-order valence-electron chi connectivity index (χ3n) is 4.37. The van der Waals surface area contributed by atoms with Gasteiger partial charge in [-0.15, -0.1) is 0 Å². The van der Waals surface area contributed by atoms with Gasteiger partial charge in [0.1, 0.15) is 17.3 Å². The van der Waals surface area contributed by atoms with E-state index in [9.17, 15) is 14.3 Å². The number of rotatable bonds is 3. The van der Waals surface area contributed by atoms with Crippen LogP contribution in [0.1, 0.15) is 21.6 Å². The molecule has 8 heteroatoms. The van der Waals surface area contributed by atoms with Crippen molar-refractivity contribution in [2.75, 3.05) is 5.32 Å². The molecule has 27 heavy (non-hydrogen) atoms. The van der Waals surface area contributed by atoms with Gasteiger partial charge in [0.25, 0.3) is 5.91 Å². The van der Waals surface area contributed by atoms with E-state index in [2.05, 4.69) is 20.5 Å². The average Bonchev–Trinajstić information content (AvgIpc) is 3.26. The van der Waals surface area contributed by atoms with Crippen LogP contribution in [0.2, 0.25) is 0 Å². The molecule has 0 aliphatic rings. The Labute approximate surface area is 157 Å². The van der Waals surface area contributed by atoms with Crippen molar-refractivity contribution in [3.8, 4) is 17.0 Å². The van der Waals surface area contributed by atoms with Crippen LogP contribution in [0.25, 0.3) is 21.5 Å². The van der Waals surface area contributed by atoms with Crippen molar-refractivity contribution in [1.29, 1.82) is 0 Å². The van der Waals surface area contributed by atoms with E-state index in [-0.39, 0.29) is 17.3 Å². The lowest BCUT2D eigenvalue weighted by molar-refractivity contribution is 0.102. The second-order valence-corrected chi connectivity index (χ2v) is 7.19. The third-order valence-corrected chi connectivity index (χ3v) is 5.30. The number of H-pyrrole nitrogens is 1. The number of carbonyl (C=O) groups excluding carboxylic acids is 1. The highest BCUT2D eigenvalue weighted by atomic mass is 32.1. The number of nitrogens with one attached hydrogen (secondary N) is 2. The van der Waals surface area contributed by atoms with Gasteiger partial charge in [-0.05, 0) is 55.3 Å².